The van der Waals surface area contributed by atoms with E-state index >= 15 is 0 Å². The summed E-state index contributed by atoms with van der Waals surface area (Å²) in [5.74, 6) is -0.0231. The molecule has 2 aromatic carbocycles. The summed E-state index contributed by atoms with van der Waals surface area (Å²) < 4.78 is 2.30. The van der Waals surface area contributed by atoms with Gasteiger partial charge in [-0.05, 0) is 36.5 Å². The molecule has 0 spiro atoms. The van der Waals surface area contributed by atoms with Gasteiger partial charge in [-0.2, -0.15) is 0 Å². The Bertz CT molecular complexity index is 1010. The molecule has 1 aliphatic heterocycles. The van der Waals surface area contributed by atoms with Crippen molar-refractivity contribution in [1.29, 1.82) is 0 Å². The summed E-state index contributed by atoms with van der Waals surface area (Å²) in [6, 6.07) is 17.5. The smallest absolute Gasteiger partial charge is 0.272 e. The van der Waals surface area contributed by atoms with Crippen LogP contribution in [0.15, 0.2) is 60.8 Å². The monoisotopic (exact) mass is 398 g/mol. The molecule has 1 saturated heterocycles. The topological polar surface area (TPSA) is 44.3 Å². The lowest BCUT2D eigenvalue weighted by Gasteiger charge is -2.36. The minimum atomic E-state index is -0.0231. The molecule has 0 aliphatic carbocycles. The molecule has 7 heteroatoms. The first-order valence-electron chi connectivity index (χ1n) is 8.80. The standard InChI is InChI=1S/C20H19ClN4OS/c21-16-8-4-5-9-17(16)23-10-12-24(13-11-23)19(26)18-14-22-20(27)25(18)15-6-2-1-3-7-15/h1-9,14H,10-13H2,(H,22,27). The fourth-order valence-electron chi connectivity index (χ4n) is 3.38. The number of carbonyl (C=O) groups excluding carboxylic acids is 1. The number of amides is 1. The molecule has 27 heavy (non-hydrogen) atoms. The van der Waals surface area contributed by atoms with Crippen molar-refractivity contribution in [3.63, 3.8) is 0 Å². The van der Waals surface area contributed by atoms with Gasteiger partial charge >= 0.3 is 0 Å². The molecule has 0 radical (unpaired) electrons. The van der Waals surface area contributed by atoms with Gasteiger partial charge in [0.2, 0.25) is 0 Å². The maximum Gasteiger partial charge on any atom is 0.272 e. The lowest BCUT2D eigenvalue weighted by molar-refractivity contribution is 0.0738. The molecule has 3 aromatic rings. The second-order valence-electron chi connectivity index (χ2n) is 6.38. The van der Waals surface area contributed by atoms with E-state index < -0.39 is 0 Å². The first-order chi connectivity index (χ1) is 13.1. The SMILES string of the molecule is O=C(c1c[nH]c(=S)n1-c1ccccc1)N1CCN(c2ccccc2Cl)CC1. The zero-order valence-electron chi connectivity index (χ0n) is 14.6. The average Bonchev–Trinajstić information content (AvgIpc) is 3.10. The third kappa shape index (κ3) is 3.50. The van der Waals surface area contributed by atoms with Crippen LogP contribution in [0.2, 0.25) is 5.02 Å². The maximum atomic E-state index is 13.1. The van der Waals surface area contributed by atoms with Crippen molar-refractivity contribution in [1.82, 2.24) is 14.5 Å². The van der Waals surface area contributed by atoms with Crippen LogP contribution in [0.25, 0.3) is 5.69 Å². The minimum Gasteiger partial charge on any atom is -0.367 e. The van der Waals surface area contributed by atoms with Gasteiger partial charge in [-0.3, -0.25) is 9.36 Å². The highest BCUT2D eigenvalue weighted by molar-refractivity contribution is 7.71. The first-order valence-corrected chi connectivity index (χ1v) is 9.58. The van der Waals surface area contributed by atoms with Crippen molar-refractivity contribution in [2.75, 3.05) is 31.1 Å². The van der Waals surface area contributed by atoms with Gasteiger partial charge in [-0.25, -0.2) is 0 Å². The van der Waals surface area contributed by atoms with E-state index in [4.69, 9.17) is 23.8 Å². The highest BCUT2D eigenvalue weighted by atomic mass is 35.5. The molecule has 0 bridgehead atoms. The van der Waals surface area contributed by atoms with Crippen LogP contribution in [0.4, 0.5) is 5.69 Å². The highest BCUT2D eigenvalue weighted by Crippen LogP contribution is 2.26. The number of hydrogen-bond donors (Lipinski definition) is 1. The van der Waals surface area contributed by atoms with Gasteiger partial charge in [-0.1, -0.05) is 41.9 Å². The third-order valence-electron chi connectivity index (χ3n) is 4.77. The fourth-order valence-corrected chi connectivity index (χ4v) is 3.90. The molecule has 4 rings (SSSR count). The quantitative estimate of drug-likeness (QED) is 0.674. The van der Waals surface area contributed by atoms with E-state index in [1.54, 1.807) is 10.8 Å². The number of H-pyrrole nitrogens is 1. The van der Waals surface area contributed by atoms with Gasteiger partial charge in [0.1, 0.15) is 5.69 Å². The van der Waals surface area contributed by atoms with E-state index in [-0.39, 0.29) is 5.91 Å². The van der Waals surface area contributed by atoms with Crippen molar-refractivity contribution in [3.8, 4) is 5.69 Å². The van der Waals surface area contributed by atoms with Crippen molar-refractivity contribution in [2.24, 2.45) is 0 Å². The third-order valence-corrected chi connectivity index (χ3v) is 5.39. The van der Waals surface area contributed by atoms with Gasteiger partial charge < -0.3 is 14.8 Å². The van der Waals surface area contributed by atoms with Crippen molar-refractivity contribution < 1.29 is 4.79 Å². The lowest BCUT2D eigenvalue weighted by atomic mass is 10.2. The summed E-state index contributed by atoms with van der Waals surface area (Å²) in [4.78, 5) is 20.2. The molecule has 0 unspecified atom stereocenters. The number of rotatable bonds is 3. The largest absolute Gasteiger partial charge is 0.367 e. The van der Waals surface area contributed by atoms with E-state index in [1.165, 1.54) is 0 Å². The Morgan fingerprint density at radius 3 is 2.33 bits per heavy atom. The molecular weight excluding hydrogens is 380 g/mol. The van der Waals surface area contributed by atoms with Gasteiger partial charge in [0.05, 0.1) is 10.7 Å². The van der Waals surface area contributed by atoms with Gasteiger partial charge in [-0.15, -0.1) is 0 Å². The van der Waals surface area contributed by atoms with Crippen LogP contribution in [0.3, 0.4) is 0 Å². The van der Waals surface area contributed by atoms with Gasteiger partial charge in [0.25, 0.3) is 5.91 Å². The molecule has 2 heterocycles. The number of anilines is 1. The summed E-state index contributed by atoms with van der Waals surface area (Å²) in [5, 5.41) is 0.737. The molecule has 1 aliphatic rings. The van der Waals surface area contributed by atoms with E-state index in [0.29, 0.717) is 23.6 Å². The summed E-state index contributed by atoms with van der Waals surface area (Å²) >= 11 is 11.7. The maximum absolute atomic E-state index is 13.1. The van der Waals surface area contributed by atoms with E-state index in [0.717, 1.165) is 29.5 Å². The Hall–Kier alpha value is -2.57. The van der Waals surface area contributed by atoms with Gasteiger partial charge in [0.15, 0.2) is 4.77 Å². The van der Waals surface area contributed by atoms with E-state index in [2.05, 4.69) is 9.88 Å². The van der Waals surface area contributed by atoms with E-state index in [1.807, 2.05) is 59.5 Å². The second kappa shape index (κ2) is 7.58. The van der Waals surface area contributed by atoms with Crippen molar-refractivity contribution in [2.45, 2.75) is 0 Å². The van der Waals surface area contributed by atoms with Crippen LogP contribution in [0.1, 0.15) is 10.5 Å². The Kier molecular flexibility index (Phi) is 5.01. The summed E-state index contributed by atoms with van der Waals surface area (Å²) in [7, 11) is 0. The number of imidazole rings is 1. The number of carbonyl (C=O) groups is 1. The number of piperazine rings is 1. The molecule has 1 N–H and O–H groups in total. The molecule has 0 saturated carbocycles. The first kappa shape index (κ1) is 17.8. The molecule has 1 aromatic heterocycles. The number of para-hydroxylation sites is 2. The second-order valence-corrected chi connectivity index (χ2v) is 7.17. The number of aromatic nitrogens is 2. The van der Waals surface area contributed by atoms with Crippen LogP contribution in [0, 0.1) is 4.77 Å². The summed E-state index contributed by atoms with van der Waals surface area (Å²) in [6.45, 7) is 2.76. The minimum absolute atomic E-state index is 0.0231. The summed E-state index contributed by atoms with van der Waals surface area (Å²) in [5.41, 5.74) is 2.44. The van der Waals surface area contributed by atoms with Crippen LogP contribution in [-0.4, -0.2) is 46.5 Å². The lowest BCUT2D eigenvalue weighted by Crippen LogP contribution is -2.49. The molecule has 1 fully saturated rings. The Morgan fingerprint density at radius 2 is 1.63 bits per heavy atom. The number of benzene rings is 2. The Balaban J connectivity index is 1.53. The zero-order chi connectivity index (χ0) is 18.8. The predicted molar refractivity (Wildman–Crippen MR) is 111 cm³/mol. The number of halogens is 1. The number of nitrogens with one attached hydrogen (secondary N) is 1. The number of hydrogen-bond acceptors (Lipinski definition) is 3. The molecule has 1 amide bonds. The number of aromatic amines is 1. The zero-order valence-corrected chi connectivity index (χ0v) is 16.2. The van der Waals surface area contributed by atoms with Crippen LogP contribution in [-0.2, 0) is 0 Å². The van der Waals surface area contributed by atoms with Crippen LogP contribution < -0.4 is 4.90 Å². The Labute approximate surface area is 167 Å². The molecule has 5 nitrogen and oxygen atoms in total. The Morgan fingerprint density at radius 1 is 0.963 bits per heavy atom. The van der Waals surface area contributed by atoms with Crippen LogP contribution >= 0.6 is 23.8 Å². The average molecular weight is 399 g/mol. The molecule has 0 atom stereocenters. The predicted octanol–water partition coefficient (Wildman–Crippen LogP) is 4.15. The van der Waals surface area contributed by atoms with Gasteiger partial charge in [0, 0.05) is 38.1 Å². The highest BCUT2D eigenvalue weighted by Gasteiger charge is 2.25. The van der Waals surface area contributed by atoms with Crippen molar-refractivity contribution >= 4 is 35.4 Å². The molecular formula is C20H19ClN4OS. The van der Waals surface area contributed by atoms with E-state index in [9.17, 15) is 4.79 Å². The number of nitrogens with zero attached hydrogens (tertiary/aromatic N) is 3. The fraction of sp³-hybridized carbons (Fsp3) is 0.200. The molecule has 138 valence electrons. The van der Waals surface area contributed by atoms with Crippen molar-refractivity contribution in [3.05, 3.63) is 76.3 Å². The van der Waals surface area contributed by atoms with Crippen LogP contribution in [0.5, 0.6) is 0 Å². The summed E-state index contributed by atoms with van der Waals surface area (Å²) in [6.07, 6.45) is 1.69. The normalized spacial score (nSPS) is 14.4.